The lowest BCUT2D eigenvalue weighted by Crippen LogP contribution is -2.42. The predicted octanol–water partition coefficient (Wildman–Crippen LogP) is 3.26. The first-order chi connectivity index (χ1) is 11.0. The fourth-order valence-corrected chi connectivity index (χ4v) is 2.22. The van der Waals surface area contributed by atoms with Crippen LogP contribution in [0.4, 0.5) is 4.79 Å². The van der Waals surface area contributed by atoms with Gasteiger partial charge in [0.2, 0.25) is 0 Å². The Morgan fingerprint density at radius 3 is 2.43 bits per heavy atom. The zero-order valence-corrected chi connectivity index (χ0v) is 13.0. The van der Waals surface area contributed by atoms with Crippen molar-refractivity contribution in [1.82, 2.24) is 5.32 Å². The van der Waals surface area contributed by atoms with Crippen LogP contribution in [0.25, 0.3) is 0 Å². The number of ether oxygens (including phenoxy) is 1. The number of hydrogen-bond donors (Lipinski definition) is 2. The fourth-order valence-electron chi connectivity index (χ4n) is 2.01. The van der Waals surface area contributed by atoms with Crippen molar-refractivity contribution in [3.8, 4) is 0 Å². The molecule has 1 amide bonds. The number of amides is 1. The molecule has 1 atom stereocenters. The molecule has 120 valence electrons. The van der Waals surface area contributed by atoms with Crippen LogP contribution < -0.4 is 5.32 Å². The topological polar surface area (TPSA) is 75.6 Å². The first kappa shape index (κ1) is 16.8. The predicted molar refractivity (Wildman–Crippen MR) is 86.3 cm³/mol. The van der Waals surface area contributed by atoms with Crippen molar-refractivity contribution < 1.29 is 19.4 Å². The molecule has 2 rings (SSSR count). The van der Waals surface area contributed by atoms with Gasteiger partial charge in [-0.25, -0.2) is 9.59 Å². The number of aliphatic carboxylic acids is 1. The summed E-state index contributed by atoms with van der Waals surface area (Å²) in [5.74, 6) is -1.12. The van der Waals surface area contributed by atoms with E-state index in [0.717, 1.165) is 11.1 Å². The van der Waals surface area contributed by atoms with Crippen molar-refractivity contribution in [2.75, 3.05) is 0 Å². The first-order valence-corrected chi connectivity index (χ1v) is 7.37. The second-order valence-electron chi connectivity index (χ2n) is 4.93. The highest BCUT2D eigenvalue weighted by atomic mass is 35.5. The molecule has 0 aliphatic heterocycles. The van der Waals surface area contributed by atoms with E-state index in [9.17, 15) is 14.7 Å². The molecule has 0 spiro atoms. The summed E-state index contributed by atoms with van der Waals surface area (Å²) in [5.41, 5.74) is 1.54. The van der Waals surface area contributed by atoms with Crippen molar-refractivity contribution in [3.05, 3.63) is 70.7 Å². The molecule has 0 aliphatic rings. The van der Waals surface area contributed by atoms with Crippen LogP contribution in [-0.4, -0.2) is 23.2 Å². The van der Waals surface area contributed by atoms with Crippen molar-refractivity contribution in [2.24, 2.45) is 0 Å². The Kier molecular flexibility index (Phi) is 6.00. The first-order valence-electron chi connectivity index (χ1n) is 6.99. The minimum Gasteiger partial charge on any atom is -0.480 e. The molecular weight excluding hydrogens is 318 g/mol. The maximum Gasteiger partial charge on any atom is 0.408 e. The van der Waals surface area contributed by atoms with E-state index in [4.69, 9.17) is 16.3 Å². The molecule has 1 unspecified atom stereocenters. The normalized spacial score (nSPS) is 11.5. The quantitative estimate of drug-likeness (QED) is 0.850. The Hall–Kier alpha value is -2.53. The van der Waals surface area contributed by atoms with Crippen LogP contribution in [0.1, 0.15) is 11.1 Å². The number of nitrogens with one attached hydrogen (secondary N) is 1. The Labute approximate surface area is 138 Å². The number of hydrogen-bond acceptors (Lipinski definition) is 3. The summed E-state index contributed by atoms with van der Waals surface area (Å²) in [7, 11) is 0. The van der Waals surface area contributed by atoms with Gasteiger partial charge in [0.25, 0.3) is 0 Å². The van der Waals surface area contributed by atoms with Crippen LogP contribution in [0.3, 0.4) is 0 Å². The van der Waals surface area contributed by atoms with Gasteiger partial charge in [0.1, 0.15) is 12.6 Å². The Bertz CT molecular complexity index is 675. The second kappa shape index (κ2) is 8.19. The number of halogens is 1. The van der Waals surface area contributed by atoms with E-state index in [2.05, 4.69) is 5.32 Å². The number of rotatable bonds is 6. The Balaban J connectivity index is 1.89. The van der Waals surface area contributed by atoms with Gasteiger partial charge in [0.05, 0.1) is 0 Å². The molecule has 6 heteroatoms. The van der Waals surface area contributed by atoms with Crippen LogP contribution in [-0.2, 0) is 22.6 Å². The van der Waals surface area contributed by atoms with E-state index in [0.29, 0.717) is 5.02 Å². The van der Waals surface area contributed by atoms with E-state index in [1.54, 1.807) is 36.4 Å². The van der Waals surface area contributed by atoms with Crippen molar-refractivity contribution in [3.63, 3.8) is 0 Å². The molecule has 0 saturated heterocycles. The van der Waals surface area contributed by atoms with E-state index in [1.165, 1.54) is 0 Å². The number of carbonyl (C=O) groups excluding carboxylic acids is 1. The zero-order chi connectivity index (χ0) is 16.7. The third-order valence-corrected chi connectivity index (χ3v) is 3.37. The highest BCUT2D eigenvalue weighted by molar-refractivity contribution is 6.30. The average Bonchev–Trinajstić information content (AvgIpc) is 2.53. The summed E-state index contributed by atoms with van der Waals surface area (Å²) in [6, 6.07) is 14.9. The summed E-state index contributed by atoms with van der Waals surface area (Å²) in [6.45, 7) is 0.0179. The summed E-state index contributed by atoms with van der Waals surface area (Å²) in [6.07, 6.45) is -0.601. The van der Waals surface area contributed by atoms with Gasteiger partial charge in [-0.1, -0.05) is 54.1 Å². The van der Waals surface area contributed by atoms with Crippen molar-refractivity contribution >= 4 is 23.7 Å². The van der Waals surface area contributed by atoms with Gasteiger partial charge in [0, 0.05) is 11.4 Å². The van der Waals surface area contributed by atoms with Gasteiger partial charge in [-0.15, -0.1) is 0 Å². The smallest absolute Gasteiger partial charge is 0.408 e. The summed E-state index contributed by atoms with van der Waals surface area (Å²) < 4.78 is 5.03. The zero-order valence-electron chi connectivity index (χ0n) is 12.2. The molecule has 2 N–H and O–H groups in total. The third-order valence-electron chi connectivity index (χ3n) is 3.13. The van der Waals surface area contributed by atoms with Crippen LogP contribution in [0.15, 0.2) is 54.6 Å². The van der Waals surface area contributed by atoms with Gasteiger partial charge in [0.15, 0.2) is 0 Å². The highest BCUT2D eigenvalue weighted by Gasteiger charge is 2.21. The van der Waals surface area contributed by atoms with Gasteiger partial charge >= 0.3 is 12.1 Å². The van der Waals surface area contributed by atoms with Gasteiger partial charge in [-0.3, -0.25) is 0 Å². The highest BCUT2D eigenvalue weighted by Crippen LogP contribution is 2.11. The number of benzene rings is 2. The van der Waals surface area contributed by atoms with Crippen LogP contribution in [0.2, 0.25) is 5.02 Å². The minimum absolute atomic E-state index is 0.0179. The molecule has 0 aliphatic carbocycles. The average molecular weight is 334 g/mol. The number of carboxylic acid groups (broad SMARTS) is 1. The molecule has 5 nitrogen and oxygen atoms in total. The standard InChI is InChI=1S/C17H16ClNO4/c18-14-8-4-7-13(9-14)11-23-17(22)19-15(16(20)21)10-12-5-2-1-3-6-12/h1-9,15H,10-11H2,(H,19,22)(H,20,21). The molecule has 0 heterocycles. The van der Waals surface area contributed by atoms with Gasteiger partial charge in [-0.2, -0.15) is 0 Å². The lowest BCUT2D eigenvalue weighted by atomic mass is 10.1. The van der Waals surface area contributed by atoms with Crippen molar-refractivity contribution in [1.29, 1.82) is 0 Å². The van der Waals surface area contributed by atoms with E-state index < -0.39 is 18.1 Å². The maximum absolute atomic E-state index is 11.8. The van der Waals surface area contributed by atoms with E-state index in [1.807, 2.05) is 18.2 Å². The number of alkyl carbamates (subject to hydrolysis) is 1. The SMILES string of the molecule is O=C(NC(Cc1ccccc1)C(=O)O)OCc1cccc(Cl)c1. The van der Waals surface area contributed by atoms with Crippen LogP contribution in [0.5, 0.6) is 0 Å². The monoisotopic (exact) mass is 333 g/mol. The molecule has 23 heavy (non-hydrogen) atoms. The number of carboxylic acids is 1. The maximum atomic E-state index is 11.8. The molecule has 2 aromatic carbocycles. The van der Waals surface area contributed by atoms with Crippen LogP contribution >= 0.6 is 11.6 Å². The van der Waals surface area contributed by atoms with Gasteiger partial charge < -0.3 is 15.2 Å². The molecular formula is C17H16ClNO4. The summed E-state index contributed by atoms with van der Waals surface area (Å²) in [4.78, 5) is 23.0. The largest absolute Gasteiger partial charge is 0.480 e. The lowest BCUT2D eigenvalue weighted by Gasteiger charge is -2.14. The number of carbonyl (C=O) groups is 2. The Morgan fingerprint density at radius 2 is 1.78 bits per heavy atom. The fraction of sp³-hybridized carbons (Fsp3) is 0.176. The molecule has 0 bridgehead atoms. The van der Waals surface area contributed by atoms with E-state index in [-0.39, 0.29) is 13.0 Å². The molecule has 0 aromatic heterocycles. The Morgan fingerprint density at radius 1 is 1.09 bits per heavy atom. The summed E-state index contributed by atoms with van der Waals surface area (Å²) >= 11 is 5.84. The van der Waals surface area contributed by atoms with E-state index >= 15 is 0 Å². The lowest BCUT2D eigenvalue weighted by molar-refractivity contribution is -0.139. The molecule has 0 fully saturated rings. The second-order valence-corrected chi connectivity index (χ2v) is 5.37. The molecule has 0 radical (unpaired) electrons. The minimum atomic E-state index is -1.12. The van der Waals surface area contributed by atoms with Crippen LogP contribution in [0, 0.1) is 0 Å². The third kappa shape index (κ3) is 5.64. The summed E-state index contributed by atoms with van der Waals surface area (Å²) in [5, 5.41) is 12.1. The van der Waals surface area contributed by atoms with Crippen molar-refractivity contribution in [2.45, 2.75) is 19.1 Å². The van der Waals surface area contributed by atoms with Gasteiger partial charge in [-0.05, 0) is 23.3 Å². The molecule has 2 aromatic rings. The molecule has 0 saturated carbocycles.